The van der Waals surface area contributed by atoms with Gasteiger partial charge in [0.2, 0.25) is 0 Å². The number of methoxy groups -OCH3 is 1. The second-order valence-electron chi connectivity index (χ2n) is 5.05. The SMILES string of the molecule is CCC1CCCCC1(NCCCN=[N+]=[N-])C(=O)OC. The Morgan fingerprint density at radius 3 is 3.00 bits per heavy atom. The van der Waals surface area contributed by atoms with Crippen LogP contribution in [0.15, 0.2) is 5.11 Å². The molecule has 0 aromatic heterocycles. The fourth-order valence-electron chi connectivity index (χ4n) is 3.06. The van der Waals surface area contributed by atoms with Gasteiger partial charge in [-0.25, -0.2) is 0 Å². The summed E-state index contributed by atoms with van der Waals surface area (Å²) < 4.78 is 5.02. The Morgan fingerprint density at radius 1 is 1.58 bits per heavy atom. The van der Waals surface area contributed by atoms with Crippen LogP contribution in [0.25, 0.3) is 10.4 Å². The third-order valence-electron chi connectivity index (χ3n) is 4.05. The molecular weight excluding hydrogens is 244 g/mol. The number of azide groups is 1. The molecule has 0 radical (unpaired) electrons. The monoisotopic (exact) mass is 268 g/mol. The van der Waals surface area contributed by atoms with E-state index < -0.39 is 5.54 Å². The van der Waals surface area contributed by atoms with Gasteiger partial charge in [-0.2, -0.15) is 0 Å². The Labute approximate surface area is 114 Å². The summed E-state index contributed by atoms with van der Waals surface area (Å²) in [6.07, 6.45) is 5.83. The van der Waals surface area contributed by atoms with Crippen molar-refractivity contribution >= 4 is 5.97 Å². The lowest BCUT2D eigenvalue weighted by atomic mass is 9.71. The molecule has 0 heterocycles. The zero-order chi connectivity index (χ0) is 14.1. The molecule has 108 valence electrons. The van der Waals surface area contributed by atoms with E-state index in [4.69, 9.17) is 10.3 Å². The Kier molecular flexibility index (Phi) is 6.67. The molecule has 0 bridgehead atoms. The van der Waals surface area contributed by atoms with Crippen LogP contribution in [0.4, 0.5) is 0 Å². The molecular formula is C13H24N4O2. The van der Waals surface area contributed by atoms with E-state index in [9.17, 15) is 4.79 Å². The van der Waals surface area contributed by atoms with E-state index >= 15 is 0 Å². The van der Waals surface area contributed by atoms with Crippen LogP contribution in [-0.4, -0.2) is 31.7 Å². The minimum Gasteiger partial charge on any atom is -0.468 e. The number of rotatable bonds is 7. The van der Waals surface area contributed by atoms with Crippen LogP contribution >= 0.6 is 0 Å². The van der Waals surface area contributed by atoms with Gasteiger partial charge in [0.1, 0.15) is 5.54 Å². The molecule has 2 atom stereocenters. The van der Waals surface area contributed by atoms with Gasteiger partial charge in [-0.15, -0.1) is 0 Å². The van der Waals surface area contributed by atoms with E-state index in [1.54, 1.807) is 0 Å². The summed E-state index contributed by atoms with van der Waals surface area (Å²) in [4.78, 5) is 14.9. The van der Waals surface area contributed by atoms with Crippen molar-refractivity contribution in [2.45, 2.75) is 51.0 Å². The number of esters is 1. The number of nitrogens with zero attached hydrogens (tertiary/aromatic N) is 3. The molecule has 6 heteroatoms. The van der Waals surface area contributed by atoms with E-state index in [-0.39, 0.29) is 5.97 Å². The quantitative estimate of drug-likeness (QED) is 0.253. The smallest absolute Gasteiger partial charge is 0.326 e. The predicted octanol–water partition coefficient (Wildman–Crippen LogP) is 2.79. The largest absolute Gasteiger partial charge is 0.468 e. The van der Waals surface area contributed by atoms with Crippen molar-refractivity contribution in [3.63, 3.8) is 0 Å². The average Bonchev–Trinajstić information content (AvgIpc) is 2.46. The molecule has 0 amide bonds. The van der Waals surface area contributed by atoms with Gasteiger partial charge in [-0.3, -0.25) is 4.79 Å². The highest BCUT2D eigenvalue weighted by atomic mass is 16.5. The summed E-state index contributed by atoms with van der Waals surface area (Å²) in [5, 5.41) is 6.89. The van der Waals surface area contributed by atoms with Gasteiger partial charge in [-0.1, -0.05) is 31.3 Å². The molecule has 1 aliphatic carbocycles. The maximum atomic E-state index is 12.2. The lowest BCUT2D eigenvalue weighted by Gasteiger charge is -2.42. The van der Waals surface area contributed by atoms with Crippen LogP contribution in [0.5, 0.6) is 0 Å². The summed E-state index contributed by atoms with van der Waals surface area (Å²) in [6, 6.07) is 0. The Bertz CT molecular complexity index is 342. The van der Waals surface area contributed by atoms with Gasteiger partial charge < -0.3 is 10.1 Å². The van der Waals surface area contributed by atoms with Crippen LogP contribution in [0.3, 0.4) is 0 Å². The molecule has 0 spiro atoms. The number of carbonyl (C=O) groups excluding carboxylic acids is 1. The minimum absolute atomic E-state index is 0.150. The van der Waals surface area contributed by atoms with Crippen LogP contribution in [0, 0.1) is 5.92 Å². The van der Waals surface area contributed by atoms with E-state index in [1.807, 2.05) is 0 Å². The van der Waals surface area contributed by atoms with Crippen LogP contribution in [-0.2, 0) is 9.53 Å². The highest BCUT2D eigenvalue weighted by Crippen LogP contribution is 2.36. The number of ether oxygens (including phenoxy) is 1. The van der Waals surface area contributed by atoms with Crippen molar-refractivity contribution in [3.8, 4) is 0 Å². The average molecular weight is 268 g/mol. The van der Waals surface area contributed by atoms with Gasteiger partial charge in [-0.05, 0) is 37.3 Å². The topological polar surface area (TPSA) is 87.1 Å². The van der Waals surface area contributed by atoms with Gasteiger partial charge in [0.15, 0.2) is 0 Å². The molecule has 0 aromatic carbocycles. The fourth-order valence-corrected chi connectivity index (χ4v) is 3.06. The summed E-state index contributed by atoms with van der Waals surface area (Å²) >= 11 is 0. The molecule has 2 unspecified atom stereocenters. The first kappa shape index (κ1) is 15.8. The van der Waals surface area contributed by atoms with Crippen LogP contribution in [0.2, 0.25) is 0 Å². The number of nitrogens with one attached hydrogen (secondary N) is 1. The molecule has 6 nitrogen and oxygen atoms in total. The summed E-state index contributed by atoms with van der Waals surface area (Å²) in [5.74, 6) is 0.177. The normalized spacial score (nSPS) is 26.5. The molecule has 0 aromatic rings. The van der Waals surface area contributed by atoms with Crippen molar-refractivity contribution < 1.29 is 9.53 Å². The molecule has 1 fully saturated rings. The highest BCUT2D eigenvalue weighted by Gasteiger charge is 2.46. The van der Waals surface area contributed by atoms with Crippen molar-refractivity contribution in [1.82, 2.24) is 5.32 Å². The molecule has 1 rings (SSSR count). The van der Waals surface area contributed by atoms with Crippen LogP contribution in [0.1, 0.15) is 45.4 Å². The lowest BCUT2D eigenvalue weighted by molar-refractivity contribution is -0.153. The van der Waals surface area contributed by atoms with Crippen molar-refractivity contribution in [2.75, 3.05) is 20.2 Å². The first-order chi connectivity index (χ1) is 9.21. The van der Waals surface area contributed by atoms with E-state index in [0.29, 0.717) is 19.0 Å². The van der Waals surface area contributed by atoms with Crippen LogP contribution < -0.4 is 5.32 Å². The second kappa shape index (κ2) is 8.02. The van der Waals surface area contributed by atoms with Crippen molar-refractivity contribution in [2.24, 2.45) is 11.0 Å². The standard InChI is InChI=1S/C13H24N4O2/c1-3-11-7-4-5-8-13(11,12(18)19-2)15-9-6-10-16-17-14/h11,15H,3-10H2,1-2H3. The molecule has 1 N–H and O–H groups in total. The zero-order valence-electron chi connectivity index (χ0n) is 11.9. The zero-order valence-corrected chi connectivity index (χ0v) is 11.9. The number of carbonyl (C=O) groups is 1. The minimum atomic E-state index is -0.544. The second-order valence-corrected chi connectivity index (χ2v) is 5.05. The molecule has 0 aliphatic heterocycles. The van der Waals surface area contributed by atoms with E-state index in [2.05, 4.69) is 22.3 Å². The molecule has 19 heavy (non-hydrogen) atoms. The van der Waals surface area contributed by atoms with Gasteiger partial charge in [0.25, 0.3) is 0 Å². The number of hydrogen-bond donors (Lipinski definition) is 1. The summed E-state index contributed by atoms with van der Waals surface area (Å²) in [7, 11) is 1.45. The third-order valence-corrected chi connectivity index (χ3v) is 4.05. The lowest BCUT2D eigenvalue weighted by Crippen LogP contribution is -2.59. The summed E-state index contributed by atoms with van der Waals surface area (Å²) in [6.45, 7) is 3.25. The predicted molar refractivity (Wildman–Crippen MR) is 73.6 cm³/mol. The maximum Gasteiger partial charge on any atom is 0.326 e. The summed E-state index contributed by atoms with van der Waals surface area (Å²) in [5.41, 5.74) is 7.69. The third kappa shape index (κ3) is 3.85. The van der Waals surface area contributed by atoms with Gasteiger partial charge >= 0.3 is 5.97 Å². The Balaban J connectivity index is 2.68. The van der Waals surface area contributed by atoms with E-state index in [1.165, 1.54) is 13.5 Å². The van der Waals surface area contributed by atoms with Crippen molar-refractivity contribution in [1.29, 1.82) is 0 Å². The molecule has 0 saturated heterocycles. The Morgan fingerprint density at radius 2 is 2.37 bits per heavy atom. The molecule has 1 aliphatic rings. The van der Waals surface area contributed by atoms with E-state index in [0.717, 1.165) is 32.1 Å². The molecule has 1 saturated carbocycles. The maximum absolute atomic E-state index is 12.2. The first-order valence-corrected chi connectivity index (χ1v) is 7.05. The first-order valence-electron chi connectivity index (χ1n) is 7.05. The Hall–Kier alpha value is -1.26. The number of hydrogen-bond acceptors (Lipinski definition) is 4. The fraction of sp³-hybridized carbons (Fsp3) is 0.923. The van der Waals surface area contributed by atoms with Crippen molar-refractivity contribution in [3.05, 3.63) is 10.4 Å². The van der Waals surface area contributed by atoms with Gasteiger partial charge in [0, 0.05) is 11.5 Å². The highest BCUT2D eigenvalue weighted by molar-refractivity contribution is 5.81. The van der Waals surface area contributed by atoms with Gasteiger partial charge in [0.05, 0.1) is 7.11 Å².